The first-order valence-electron chi connectivity index (χ1n) is 7.74. The van der Waals surface area contributed by atoms with Crippen LogP contribution in [0, 0.1) is 5.92 Å². The number of rotatable bonds is 5. The summed E-state index contributed by atoms with van der Waals surface area (Å²) in [7, 11) is 1.82. The first kappa shape index (κ1) is 16.3. The summed E-state index contributed by atoms with van der Waals surface area (Å²) in [6.07, 6.45) is 4.37. The number of aromatic nitrogens is 4. The molecule has 1 amide bonds. The Hall–Kier alpha value is -2.54. The van der Waals surface area contributed by atoms with E-state index in [-0.39, 0.29) is 5.91 Å². The largest absolute Gasteiger partial charge is 0.321 e. The van der Waals surface area contributed by atoms with Gasteiger partial charge in [0.05, 0.1) is 17.4 Å². The third-order valence-corrected chi connectivity index (χ3v) is 4.40. The number of benzene rings is 1. The maximum Gasteiger partial charge on any atom is 0.267 e. The van der Waals surface area contributed by atoms with Gasteiger partial charge in [0.2, 0.25) is 0 Å². The van der Waals surface area contributed by atoms with Crippen molar-refractivity contribution in [3.63, 3.8) is 0 Å². The minimum Gasteiger partial charge on any atom is -0.321 e. The molecule has 0 aliphatic rings. The van der Waals surface area contributed by atoms with Crippen LogP contribution in [0.25, 0.3) is 11.3 Å². The smallest absolute Gasteiger partial charge is 0.267 e. The highest BCUT2D eigenvalue weighted by Gasteiger charge is 2.12. The van der Waals surface area contributed by atoms with Crippen molar-refractivity contribution in [2.75, 3.05) is 5.32 Å². The molecule has 0 saturated carbocycles. The summed E-state index contributed by atoms with van der Waals surface area (Å²) in [5.41, 5.74) is 2.40. The highest BCUT2D eigenvalue weighted by molar-refractivity contribution is 7.13. The van der Waals surface area contributed by atoms with Gasteiger partial charge in [0.1, 0.15) is 10.6 Å². The van der Waals surface area contributed by atoms with Gasteiger partial charge in [0.25, 0.3) is 5.91 Å². The number of hydrogen-bond acceptors (Lipinski definition) is 5. The van der Waals surface area contributed by atoms with Crippen molar-refractivity contribution in [2.45, 2.75) is 20.3 Å². The fourth-order valence-corrected chi connectivity index (χ4v) is 3.31. The molecule has 0 saturated heterocycles. The van der Waals surface area contributed by atoms with E-state index in [1.54, 1.807) is 10.9 Å². The van der Waals surface area contributed by atoms with E-state index < -0.39 is 0 Å². The second kappa shape index (κ2) is 6.92. The first-order valence-corrected chi connectivity index (χ1v) is 8.55. The van der Waals surface area contributed by atoms with Crippen LogP contribution < -0.4 is 5.32 Å². The molecule has 1 aromatic carbocycles. The minimum absolute atomic E-state index is 0.140. The highest BCUT2D eigenvalue weighted by Crippen LogP contribution is 2.22. The molecule has 2 heterocycles. The maximum atomic E-state index is 12.4. The number of thiazole rings is 1. The van der Waals surface area contributed by atoms with E-state index in [0.29, 0.717) is 10.8 Å². The lowest BCUT2D eigenvalue weighted by Gasteiger charge is -2.05. The molecule has 0 bridgehead atoms. The van der Waals surface area contributed by atoms with Crippen LogP contribution in [0.2, 0.25) is 0 Å². The molecule has 3 rings (SSSR count). The van der Waals surface area contributed by atoms with Crippen LogP contribution in [-0.4, -0.2) is 25.9 Å². The Labute approximate surface area is 144 Å². The van der Waals surface area contributed by atoms with Gasteiger partial charge in [-0.2, -0.15) is 0 Å². The lowest BCUT2D eigenvalue weighted by Crippen LogP contribution is -2.10. The molecule has 0 fully saturated rings. The number of carbonyl (C=O) groups excluding carboxylic acids is 1. The number of anilines is 1. The van der Waals surface area contributed by atoms with Crippen LogP contribution in [0.1, 0.15) is 28.5 Å². The zero-order chi connectivity index (χ0) is 17.1. The molecule has 7 heteroatoms. The molecular formula is C17H19N5OS. The van der Waals surface area contributed by atoms with Crippen molar-refractivity contribution in [1.82, 2.24) is 20.0 Å². The topological polar surface area (TPSA) is 72.7 Å². The van der Waals surface area contributed by atoms with Gasteiger partial charge in [-0.15, -0.1) is 16.4 Å². The van der Waals surface area contributed by atoms with Crippen molar-refractivity contribution >= 4 is 22.9 Å². The van der Waals surface area contributed by atoms with Gasteiger partial charge in [0, 0.05) is 24.7 Å². The predicted molar refractivity (Wildman–Crippen MR) is 95.0 cm³/mol. The third-order valence-electron chi connectivity index (χ3n) is 3.38. The van der Waals surface area contributed by atoms with Gasteiger partial charge in [-0.25, -0.2) is 4.98 Å². The molecule has 124 valence electrons. The summed E-state index contributed by atoms with van der Waals surface area (Å²) in [4.78, 5) is 17.3. The molecule has 2 aromatic heterocycles. The van der Waals surface area contributed by atoms with Crippen LogP contribution in [0.5, 0.6) is 0 Å². The number of nitrogens with one attached hydrogen (secondary N) is 1. The summed E-state index contributed by atoms with van der Waals surface area (Å²) in [5, 5.41) is 11.9. The van der Waals surface area contributed by atoms with E-state index in [2.05, 4.69) is 34.5 Å². The van der Waals surface area contributed by atoms with Crippen molar-refractivity contribution in [1.29, 1.82) is 0 Å². The Kier molecular flexibility index (Phi) is 4.71. The molecule has 0 aliphatic heterocycles. The van der Waals surface area contributed by atoms with Crippen LogP contribution >= 0.6 is 11.3 Å². The van der Waals surface area contributed by atoms with Crippen molar-refractivity contribution < 1.29 is 4.79 Å². The van der Waals surface area contributed by atoms with E-state index in [9.17, 15) is 4.79 Å². The Balaban J connectivity index is 1.73. The van der Waals surface area contributed by atoms with Gasteiger partial charge < -0.3 is 5.32 Å². The summed E-state index contributed by atoms with van der Waals surface area (Å²) in [6, 6.07) is 7.56. The Morgan fingerprint density at radius 2 is 2.21 bits per heavy atom. The lowest BCUT2D eigenvalue weighted by atomic mass is 10.1. The fraction of sp³-hybridized carbons (Fsp3) is 0.294. The van der Waals surface area contributed by atoms with E-state index >= 15 is 0 Å². The van der Waals surface area contributed by atoms with Crippen LogP contribution in [0.4, 0.5) is 5.69 Å². The molecule has 0 radical (unpaired) electrons. The summed E-state index contributed by atoms with van der Waals surface area (Å²) in [5.74, 6) is 0.384. The quantitative estimate of drug-likeness (QED) is 0.772. The summed E-state index contributed by atoms with van der Waals surface area (Å²) in [6.45, 7) is 4.28. The van der Waals surface area contributed by atoms with Gasteiger partial charge in [-0.1, -0.05) is 31.2 Å². The average Bonchev–Trinajstić information content (AvgIpc) is 3.16. The van der Waals surface area contributed by atoms with Crippen LogP contribution in [0.3, 0.4) is 0 Å². The molecule has 0 spiro atoms. The summed E-state index contributed by atoms with van der Waals surface area (Å²) < 4.78 is 1.65. The lowest BCUT2D eigenvalue weighted by molar-refractivity contribution is 0.103. The van der Waals surface area contributed by atoms with Crippen LogP contribution in [0.15, 0.2) is 36.7 Å². The normalized spacial score (nSPS) is 11.0. The van der Waals surface area contributed by atoms with E-state index in [1.165, 1.54) is 11.3 Å². The standard InChI is InChI=1S/C17H19N5OS/c1-11(2)7-16-18-9-15(24-16)17(23)19-13-6-4-5-12(8-13)14-10-22(3)21-20-14/h4-6,8-11H,7H2,1-3H3,(H,19,23). The summed E-state index contributed by atoms with van der Waals surface area (Å²) >= 11 is 1.44. The van der Waals surface area contributed by atoms with Crippen molar-refractivity contribution in [2.24, 2.45) is 13.0 Å². The minimum atomic E-state index is -0.140. The van der Waals surface area contributed by atoms with E-state index in [1.807, 2.05) is 37.5 Å². The van der Waals surface area contributed by atoms with Crippen molar-refractivity contribution in [3.8, 4) is 11.3 Å². The fourth-order valence-electron chi connectivity index (χ4n) is 2.29. The Bertz CT molecular complexity index is 852. The zero-order valence-electron chi connectivity index (χ0n) is 13.9. The molecule has 0 atom stereocenters. The molecule has 24 heavy (non-hydrogen) atoms. The van der Waals surface area contributed by atoms with Crippen molar-refractivity contribution in [3.05, 3.63) is 46.5 Å². The Morgan fingerprint density at radius 3 is 2.92 bits per heavy atom. The second-order valence-electron chi connectivity index (χ2n) is 6.03. The van der Waals surface area contributed by atoms with Gasteiger partial charge in [0.15, 0.2) is 0 Å². The molecule has 0 unspecified atom stereocenters. The number of nitrogens with zero attached hydrogens (tertiary/aromatic N) is 4. The number of amides is 1. The van der Waals surface area contributed by atoms with Gasteiger partial charge in [-0.05, 0) is 18.1 Å². The second-order valence-corrected chi connectivity index (χ2v) is 7.14. The molecule has 0 aliphatic carbocycles. The number of hydrogen-bond donors (Lipinski definition) is 1. The number of carbonyl (C=O) groups is 1. The molecule has 1 N–H and O–H groups in total. The highest BCUT2D eigenvalue weighted by atomic mass is 32.1. The molecular weight excluding hydrogens is 322 g/mol. The monoisotopic (exact) mass is 341 g/mol. The third kappa shape index (κ3) is 3.86. The molecule has 3 aromatic rings. The number of aryl methyl sites for hydroxylation is 1. The first-order chi connectivity index (χ1) is 11.5. The van der Waals surface area contributed by atoms with Gasteiger partial charge >= 0.3 is 0 Å². The molecule has 6 nitrogen and oxygen atoms in total. The SMILES string of the molecule is CC(C)Cc1ncc(C(=O)Nc2cccc(-c3cn(C)nn3)c2)s1. The van der Waals surface area contributed by atoms with Crippen LogP contribution in [-0.2, 0) is 13.5 Å². The van der Waals surface area contributed by atoms with E-state index in [4.69, 9.17) is 0 Å². The Morgan fingerprint density at radius 1 is 1.38 bits per heavy atom. The van der Waals surface area contributed by atoms with Gasteiger partial charge in [-0.3, -0.25) is 9.48 Å². The predicted octanol–water partition coefficient (Wildman–Crippen LogP) is 3.39. The average molecular weight is 341 g/mol. The van der Waals surface area contributed by atoms with E-state index in [0.717, 1.165) is 28.4 Å². The zero-order valence-corrected chi connectivity index (χ0v) is 14.7. The maximum absolute atomic E-state index is 12.4.